The van der Waals surface area contributed by atoms with Gasteiger partial charge in [-0.15, -0.1) is 0 Å². The van der Waals surface area contributed by atoms with Gasteiger partial charge in [-0.1, -0.05) is 23.7 Å². The van der Waals surface area contributed by atoms with E-state index in [0.29, 0.717) is 6.04 Å². The molecule has 2 nitrogen and oxygen atoms in total. The van der Waals surface area contributed by atoms with Crippen molar-refractivity contribution in [3.05, 3.63) is 59.0 Å². The van der Waals surface area contributed by atoms with Crippen molar-refractivity contribution >= 4 is 11.6 Å². The largest absolute Gasteiger partial charge is 0.469 e. The van der Waals surface area contributed by atoms with E-state index in [4.69, 9.17) is 16.0 Å². The van der Waals surface area contributed by atoms with Crippen molar-refractivity contribution in [2.45, 2.75) is 25.8 Å². The Morgan fingerprint density at radius 3 is 2.67 bits per heavy atom. The standard InChI is InChI=1S/C15H18ClNO/c1-12(11-13-4-6-14(16)7-5-13)17-9-8-15-3-2-10-18-15/h2-7,10,12,17H,8-9,11H2,1H3. The van der Waals surface area contributed by atoms with E-state index in [0.717, 1.165) is 30.2 Å². The van der Waals surface area contributed by atoms with Gasteiger partial charge in [-0.2, -0.15) is 0 Å². The highest BCUT2D eigenvalue weighted by Crippen LogP contribution is 2.11. The van der Waals surface area contributed by atoms with Crippen LogP contribution in [-0.2, 0) is 12.8 Å². The number of hydrogen-bond donors (Lipinski definition) is 1. The van der Waals surface area contributed by atoms with Crippen molar-refractivity contribution in [3.8, 4) is 0 Å². The third kappa shape index (κ3) is 4.21. The highest BCUT2D eigenvalue weighted by Gasteiger charge is 2.03. The molecule has 0 spiro atoms. The highest BCUT2D eigenvalue weighted by molar-refractivity contribution is 6.30. The van der Waals surface area contributed by atoms with E-state index in [2.05, 4.69) is 24.4 Å². The fourth-order valence-electron chi connectivity index (χ4n) is 1.94. The Kier molecular flexibility index (Phi) is 4.85. The van der Waals surface area contributed by atoms with Crippen LogP contribution in [0.2, 0.25) is 5.02 Å². The quantitative estimate of drug-likeness (QED) is 0.860. The first-order valence-corrected chi connectivity index (χ1v) is 6.62. The van der Waals surface area contributed by atoms with Crippen molar-refractivity contribution < 1.29 is 4.42 Å². The molecule has 0 saturated carbocycles. The van der Waals surface area contributed by atoms with Gasteiger partial charge in [-0.25, -0.2) is 0 Å². The summed E-state index contributed by atoms with van der Waals surface area (Å²) in [6.07, 6.45) is 3.65. The molecule has 1 aromatic heterocycles. The number of furan rings is 1. The van der Waals surface area contributed by atoms with Gasteiger partial charge in [0.2, 0.25) is 0 Å². The topological polar surface area (TPSA) is 25.2 Å². The molecule has 18 heavy (non-hydrogen) atoms. The van der Waals surface area contributed by atoms with Crippen molar-refractivity contribution in [2.75, 3.05) is 6.54 Å². The predicted octanol–water partition coefficient (Wildman–Crippen LogP) is 3.70. The molecule has 1 heterocycles. The van der Waals surface area contributed by atoms with E-state index in [1.807, 2.05) is 24.3 Å². The van der Waals surface area contributed by atoms with Gasteiger partial charge in [0.05, 0.1) is 6.26 Å². The molecule has 1 atom stereocenters. The second-order valence-corrected chi connectivity index (χ2v) is 4.95. The summed E-state index contributed by atoms with van der Waals surface area (Å²) >= 11 is 5.86. The third-order valence-corrected chi connectivity index (χ3v) is 3.15. The molecule has 0 radical (unpaired) electrons. The summed E-state index contributed by atoms with van der Waals surface area (Å²) in [6.45, 7) is 3.12. The molecule has 96 valence electrons. The smallest absolute Gasteiger partial charge is 0.105 e. The SMILES string of the molecule is CC(Cc1ccc(Cl)cc1)NCCc1ccco1. The first-order valence-electron chi connectivity index (χ1n) is 6.24. The maximum Gasteiger partial charge on any atom is 0.105 e. The first-order chi connectivity index (χ1) is 8.74. The van der Waals surface area contributed by atoms with E-state index < -0.39 is 0 Å². The molecule has 0 saturated heterocycles. The summed E-state index contributed by atoms with van der Waals surface area (Å²) in [7, 11) is 0. The van der Waals surface area contributed by atoms with Gasteiger partial charge in [0.1, 0.15) is 5.76 Å². The van der Waals surface area contributed by atoms with Crippen LogP contribution in [-0.4, -0.2) is 12.6 Å². The minimum atomic E-state index is 0.445. The Balaban J connectivity index is 1.71. The van der Waals surface area contributed by atoms with Gasteiger partial charge in [0, 0.05) is 24.0 Å². The Hall–Kier alpha value is -1.25. The van der Waals surface area contributed by atoms with Gasteiger partial charge in [0.25, 0.3) is 0 Å². The molecule has 2 rings (SSSR count). The second kappa shape index (κ2) is 6.62. The molecular formula is C15H18ClNO. The van der Waals surface area contributed by atoms with Gasteiger partial charge in [-0.3, -0.25) is 0 Å². The predicted molar refractivity (Wildman–Crippen MR) is 75.0 cm³/mol. The second-order valence-electron chi connectivity index (χ2n) is 4.52. The number of rotatable bonds is 6. The fourth-order valence-corrected chi connectivity index (χ4v) is 2.07. The lowest BCUT2D eigenvalue weighted by atomic mass is 10.1. The van der Waals surface area contributed by atoms with E-state index in [1.54, 1.807) is 6.26 Å². The molecule has 0 fully saturated rings. The molecule has 3 heteroatoms. The maximum absolute atomic E-state index is 5.86. The Morgan fingerprint density at radius 1 is 1.22 bits per heavy atom. The van der Waals surface area contributed by atoms with E-state index in [1.165, 1.54) is 5.56 Å². The van der Waals surface area contributed by atoms with Gasteiger partial charge in [0.15, 0.2) is 0 Å². The van der Waals surface area contributed by atoms with E-state index >= 15 is 0 Å². The van der Waals surface area contributed by atoms with Crippen LogP contribution in [0.25, 0.3) is 0 Å². The zero-order valence-electron chi connectivity index (χ0n) is 10.5. The summed E-state index contributed by atoms with van der Waals surface area (Å²) in [5, 5.41) is 4.28. The lowest BCUT2D eigenvalue weighted by molar-refractivity contribution is 0.481. The summed E-state index contributed by atoms with van der Waals surface area (Å²) in [5.74, 6) is 1.03. The molecule has 0 amide bonds. The van der Waals surface area contributed by atoms with Crippen LogP contribution in [0.5, 0.6) is 0 Å². The van der Waals surface area contributed by atoms with Crippen LogP contribution in [0.3, 0.4) is 0 Å². The fraction of sp³-hybridized carbons (Fsp3) is 0.333. The summed E-state index contributed by atoms with van der Waals surface area (Å²) in [6, 6.07) is 12.4. The van der Waals surface area contributed by atoms with E-state index in [-0.39, 0.29) is 0 Å². The average Bonchev–Trinajstić information content (AvgIpc) is 2.85. The number of hydrogen-bond acceptors (Lipinski definition) is 2. The van der Waals surface area contributed by atoms with Crippen LogP contribution < -0.4 is 5.32 Å². The molecule has 1 unspecified atom stereocenters. The van der Waals surface area contributed by atoms with Crippen molar-refractivity contribution in [2.24, 2.45) is 0 Å². The average molecular weight is 264 g/mol. The van der Waals surface area contributed by atoms with Gasteiger partial charge >= 0.3 is 0 Å². The zero-order chi connectivity index (χ0) is 12.8. The molecule has 2 aromatic rings. The first kappa shape index (κ1) is 13.2. The molecule has 0 aliphatic heterocycles. The minimum Gasteiger partial charge on any atom is -0.469 e. The third-order valence-electron chi connectivity index (χ3n) is 2.90. The van der Waals surface area contributed by atoms with Crippen LogP contribution in [0.1, 0.15) is 18.2 Å². The molecule has 1 N–H and O–H groups in total. The molecule has 1 aromatic carbocycles. The van der Waals surface area contributed by atoms with Crippen LogP contribution in [0.15, 0.2) is 47.1 Å². The lowest BCUT2D eigenvalue weighted by Gasteiger charge is -2.13. The van der Waals surface area contributed by atoms with Crippen LogP contribution in [0.4, 0.5) is 0 Å². The Labute approximate surface area is 113 Å². The van der Waals surface area contributed by atoms with Gasteiger partial charge in [-0.05, 0) is 43.2 Å². The Bertz CT molecular complexity index is 450. The summed E-state index contributed by atoms with van der Waals surface area (Å²) in [5.41, 5.74) is 1.30. The highest BCUT2D eigenvalue weighted by atomic mass is 35.5. The number of halogens is 1. The molecule has 0 aliphatic carbocycles. The lowest BCUT2D eigenvalue weighted by Crippen LogP contribution is -2.29. The summed E-state index contributed by atoms with van der Waals surface area (Å²) < 4.78 is 5.29. The molecule has 0 aliphatic rings. The van der Waals surface area contributed by atoms with E-state index in [9.17, 15) is 0 Å². The number of nitrogens with one attached hydrogen (secondary N) is 1. The number of benzene rings is 1. The van der Waals surface area contributed by atoms with Crippen molar-refractivity contribution in [3.63, 3.8) is 0 Å². The Morgan fingerprint density at radius 2 is 2.00 bits per heavy atom. The molecular weight excluding hydrogens is 246 g/mol. The summed E-state index contributed by atoms with van der Waals surface area (Å²) in [4.78, 5) is 0. The normalized spacial score (nSPS) is 12.6. The van der Waals surface area contributed by atoms with Crippen molar-refractivity contribution in [1.82, 2.24) is 5.32 Å². The van der Waals surface area contributed by atoms with Gasteiger partial charge < -0.3 is 9.73 Å². The van der Waals surface area contributed by atoms with Crippen LogP contribution >= 0.6 is 11.6 Å². The molecule has 0 bridgehead atoms. The zero-order valence-corrected chi connectivity index (χ0v) is 11.3. The monoisotopic (exact) mass is 263 g/mol. The van der Waals surface area contributed by atoms with Crippen LogP contribution in [0, 0.1) is 0 Å². The van der Waals surface area contributed by atoms with Crippen molar-refractivity contribution in [1.29, 1.82) is 0 Å². The minimum absolute atomic E-state index is 0.445. The maximum atomic E-state index is 5.86.